The zero-order valence-electron chi connectivity index (χ0n) is 40.5. The molecule has 4 aromatic carbocycles. The zero-order valence-corrected chi connectivity index (χ0v) is 41.4. The van der Waals surface area contributed by atoms with Crippen LogP contribution >= 0.6 is 8.15 Å². The second kappa shape index (κ2) is 24.0. The smallest absolute Gasteiger partial charge is 0.219 e. The SMILES string of the molecule is CC[C@]1(C)CCc2c(C)c(OCCCCC(=O)NCCCCCCO[C@H]3CC(OP(C)C)[C@@H](COC(c4ccccc4)(c4ccc(OC)cc4)c4ccc(OC)cc4)O3)c(C)c(C)c2O1. The Morgan fingerprint density at radius 2 is 1.43 bits per heavy atom. The molecule has 1 unspecified atom stereocenters. The number of methoxy groups -OCH3 is 2. The second-order valence-corrected chi connectivity index (χ2v) is 19.8. The van der Waals surface area contributed by atoms with Gasteiger partial charge in [-0.3, -0.25) is 4.79 Å². The van der Waals surface area contributed by atoms with Crippen molar-refractivity contribution in [3.05, 3.63) is 118 Å². The normalized spacial score (nSPS) is 19.4. The topological polar surface area (TPSA) is 103 Å². The van der Waals surface area contributed by atoms with Gasteiger partial charge in [0.2, 0.25) is 5.91 Å². The van der Waals surface area contributed by atoms with E-state index in [-0.39, 0.29) is 36.6 Å². The summed E-state index contributed by atoms with van der Waals surface area (Å²) in [5, 5.41) is 3.11. The molecule has 1 saturated heterocycles. The van der Waals surface area contributed by atoms with Gasteiger partial charge in [-0.15, -0.1) is 0 Å². The van der Waals surface area contributed by atoms with E-state index in [2.05, 4.69) is 89.7 Å². The molecule has 6 rings (SSSR count). The highest BCUT2D eigenvalue weighted by Gasteiger charge is 2.43. The Balaban J connectivity index is 0.925. The number of rotatable bonds is 25. The van der Waals surface area contributed by atoms with Crippen LogP contribution in [0.15, 0.2) is 78.9 Å². The molecule has 4 atom stereocenters. The van der Waals surface area contributed by atoms with Crippen molar-refractivity contribution in [1.29, 1.82) is 0 Å². The standard InChI is InChI=1S/C54H74NO9P/c1-10-53(5)32-31-46-40(4)51(38(2)39(3)52(46)63-53)60-35-19-16-22-49(56)55-33-17-11-12-18-34-59-50-36-47(64-65(8)9)48(62-50)37-61-54(41-20-14-13-15-21-41,42-23-27-44(57-6)28-24-42)43-25-29-45(58-7)30-26-43/h13-15,20-21,23-30,47-48,50H,10-12,16-19,22,31-37H2,1-9H3,(H,55,56)/t47?,48-,50-,53-/m1/s1. The quantitative estimate of drug-likeness (QED) is 0.0395. The number of amides is 1. The van der Waals surface area contributed by atoms with Crippen molar-refractivity contribution in [2.24, 2.45) is 0 Å². The lowest BCUT2D eigenvalue weighted by Gasteiger charge is -2.37. The fourth-order valence-corrected chi connectivity index (χ4v) is 9.78. The summed E-state index contributed by atoms with van der Waals surface area (Å²) in [5.74, 6) is 3.67. The van der Waals surface area contributed by atoms with Crippen LogP contribution in [0.4, 0.5) is 0 Å². The van der Waals surface area contributed by atoms with Crippen LogP contribution in [0.1, 0.15) is 117 Å². The molecule has 1 N–H and O–H groups in total. The second-order valence-electron chi connectivity index (χ2n) is 18.0. The maximum Gasteiger partial charge on any atom is 0.219 e. The van der Waals surface area contributed by atoms with E-state index in [1.165, 1.54) is 16.7 Å². The molecule has 10 nitrogen and oxygen atoms in total. The molecule has 2 heterocycles. The Hall–Kier alpha value is -4.18. The van der Waals surface area contributed by atoms with E-state index < -0.39 is 13.7 Å². The Kier molecular flexibility index (Phi) is 18.6. The van der Waals surface area contributed by atoms with Gasteiger partial charge < -0.3 is 43.0 Å². The molecule has 0 spiro atoms. The molecule has 2 aliphatic rings. The van der Waals surface area contributed by atoms with Crippen LogP contribution in [-0.2, 0) is 35.6 Å². The van der Waals surface area contributed by atoms with E-state index in [4.69, 9.17) is 37.7 Å². The summed E-state index contributed by atoms with van der Waals surface area (Å²) in [5.41, 5.74) is 6.65. The molecule has 4 aromatic rings. The number of nitrogens with one attached hydrogen (secondary N) is 1. The minimum Gasteiger partial charge on any atom is -0.497 e. The number of unbranched alkanes of at least 4 members (excludes halogenated alkanes) is 4. The van der Waals surface area contributed by atoms with E-state index in [1.54, 1.807) is 14.2 Å². The third-order valence-electron chi connectivity index (χ3n) is 13.2. The molecule has 0 radical (unpaired) electrons. The van der Waals surface area contributed by atoms with E-state index in [0.717, 1.165) is 103 Å². The molecule has 0 aromatic heterocycles. The van der Waals surface area contributed by atoms with Gasteiger partial charge in [0.1, 0.15) is 40.3 Å². The first kappa shape index (κ1) is 50.2. The molecular formula is C54H74NO9P. The molecule has 2 aliphatic heterocycles. The Morgan fingerprint density at radius 1 is 0.800 bits per heavy atom. The molecule has 1 amide bonds. The van der Waals surface area contributed by atoms with Crippen LogP contribution in [0.2, 0.25) is 0 Å². The van der Waals surface area contributed by atoms with E-state index in [9.17, 15) is 4.79 Å². The predicted octanol–water partition coefficient (Wildman–Crippen LogP) is 11.5. The average Bonchev–Trinajstić information content (AvgIpc) is 3.70. The number of carbonyl (C=O) groups is 1. The van der Waals surface area contributed by atoms with Gasteiger partial charge in [-0.25, -0.2) is 0 Å². The highest BCUT2D eigenvalue weighted by Crippen LogP contribution is 2.46. The van der Waals surface area contributed by atoms with Crippen LogP contribution in [0.25, 0.3) is 0 Å². The number of carbonyl (C=O) groups excluding carboxylic acids is 1. The van der Waals surface area contributed by atoms with Crippen molar-refractivity contribution < 1.29 is 42.5 Å². The number of hydrogen-bond acceptors (Lipinski definition) is 9. The first-order valence-corrected chi connectivity index (χ1v) is 25.9. The summed E-state index contributed by atoms with van der Waals surface area (Å²) in [4.78, 5) is 12.6. The van der Waals surface area contributed by atoms with Gasteiger partial charge >= 0.3 is 0 Å². The summed E-state index contributed by atoms with van der Waals surface area (Å²) in [6, 6.07) is 26.4. The van der Waals surface area contributed by atoms with Crippen molar-refractivity contribution in [3.63, 3.8) is 0 Å². The largest absolute Gasteiger partial charge is 0.497 e. The van der Waals surface area contributed by atoms with E-state index >= 15 is 0 Å². The summed E-state index contributed by atoms with van der Waals surface area (Å²) in [7, 11) is 2.69. The van der Waals surface area contributed by atoms with Crippen molar-refractivity contribution in [2.45, 2.75) is 135 Å². The summed E-state index contributed by atoms with van der Waals surface area (Å²) < 4.78 is 50.5. The van der Waals surface area contributed by atoms with Gasteiger partial charge in [0.25, 0.3) is 0 Å². The van der Waals surface area contributed by atoms with E-state index in [1.807, 2.05) is 42.5 Å². The molecule has 0 saturated carbocycles. The molecule has 0 aliphatic carbocycles. The maximum absolute atomic E-state index is 12.6. The molecule has 11 heteroatoms. The Labute approximate surface area is 390 Å². The first-order chi connectivity index (χ1) is 31.4. The van der Waals surface area contributed by atoms with Gasteiger partial charge in [-0.2, -0.15) is 0 Å². The fourth-order valence-electron chi connectivity index (χ4n) is 9.02. The molecule has 1 fully saturated rings. The zero-order chi connectivity index (χ0) is 46.4. The molecular weight excluding hydrogens is 838 g/mol. The minimum absolute atomic E-state index is 0.100. The third-order valence-corrected chi connectivity index (χ3v) is 13.9. The van der Waals surface area contributed by atoms with Crippen molar-refractivity contribution in [2.75, 3.05) is 53.9 Å². The van der Waals surface area contributed by atoms with Crippen molar-refractivity contribution >= 4 is 14.1 Å². The monoisotopic (exact) mass is 912 g/mol. The highest BCUT2D eigenvalue weighted by atomic mass is 31.1. The Morgan fingerprint density at radius 3 is 2.06 bits per heavy atom. The highest BCUT2D eigenvalue weighted by molar-refractivity contribution is 7.50. The summed E-state index contributed by atoms with van der Waals surface area (Å²) in [6.07, 6.45) is 8.78. The van der Waals surface area contributed by atoms with Crippen LogP contribution in [0.3, 0.4) is 0 Å². The van der Waals surface area contributed by atoms with Gasteiger partial charge in [-0.1, -0.05) is 74.4 Å². The maximum atomic E-state index is 12.6. The summed E-state index contributed by atoms with van der Waals surface area (Å²) in [6.45, 7) is 17.2. The Bertz CT molecular complexity index is 2050. The van der Waals surface area contributed by atoms with Crippen molar-refractivity contribution in [3.8, 4) is 23.0 Å². The lowest BCUT2D eigenvalue weighted by atomic mass is 9.80. The third kappa shape index (κ3) is 12.8. The van der Waals surface area contributed by atoms with Gasteiger partial charge in [0, 0.05) is 39.7 Å². The van der Waals surface area contributed by atoms with Crippen LogP contribution < -0.4 is 24.3 Å². The fraction of sp³-hybridized carbons (Fsp3) is 0.537. The predicted molar refractivity (Wildman–Crippen MR) is 260 cm³/mol. The number of ether oxygens (including phenoxy) is 7. The lowest BCUT2D eigenvalue weighted by molar-refractivity contribution is -0.156. The average molecular weight is 912 g/mol. The van der Waals surface area contributed by atoms with E-state index in [0.29, 0.717) is 32.6 Å². The van der Waals surface area contributed by atoms with Gasteiger partial charge in [0.15, 0.2) is 6.29 Å². The number of hydrogen-bond donors (Lipinski definition) is 1. The van der Waals surface area contributed by atoms with Crippen molar-refractivity contribution in [1.82, 2.24) is 5.32 Å². The minimum atomic E-state index is -0.959. The van der Waals surface area contributed by atoms with Gasteiger partial charge in [0.05, 0.1) is 33.5 Å². The lowest BCUT2D eigenvalue weighted by Crippen LogP contribution is -2.38. The van der Waals surface area contributed by atoms with Crippen LogP contribution in [-0.4, -0.2) is 83.9 Å². The first-order valence-electron chi connectivity index (χ1n) is 23.7. The molecule has 354 valence electrons. The molecule has 0 bridgehead atoms. The van der Waals surface area contributed by atoms with Gasteiger partial charge in [-0.05, 0) is 144 Å². The number of benzene rings is 4. The number of fused-ring (bicyclic) bond motifs is 1. The molecule has 65 heavy (non-hydrogen) atoms. The summed E-state index contributed by atoms with van der Waals surface area (Å²) >= 11 is 0. The van der Waals surface area contributed by atoms with Crippen LogP contribution in [0, 0.1) is 20.8 Å². The van der Waals surface area contributed by atoms with Crippen LogP contribution in [0.5, 0.6) is 23.0 Å².